The zero-order valence-corrected chi connectivity index (χ0v) is 10.6. The van der Waals surface area contributed by atoms with Crippen molar-refractivity contribution in [3.05, 3.63) is 66.2 Å². The third kappa shape index (κ3) is 2.33. The molecule has 1 aliphatic heterocycles. The number of para-hydroxylation sites is 1. The molecule has 2 aromatic rings. The minimum absolute atomic E-state index is 0.162. The Labute approximate surface area is 113 Å². The summed E-state index contributed by atoms with van der Waals surface area (Å²) in [5.41, 5.74) is 2.26. The molecule has 0 unspecified atom stereocenters. The van der Waals surface area contributed by atoms with Crippen LogP contribution in [0.4, 0.5) is 5.69 Å². The van der Waals surface area contributed by atoms with Gasteiger partial charge in [-0.15, -0.1) is 6.42 Å². The Hall–Kier alpha value is -2.24. The molecule has 0 bridgehead atoms. The zero-order valence-electron chi connectivity index (χ0n) is 10.6. The highest BCUT2D eigenvalue weighted by Gasteiger charge is 2.33. The lowest BCUT2D eigenvalue weighted by molar-refractivity contribution is 0.119. The summed E-state index contributed by atoms with van der Waals surface area (Å²) in [7, 11) is 0. The summed E-state index contributed by atoms with van der Waals surface area (Å²) in [6.45, 7) is 0. The standard InChI is InChI=1S/C17H15NO/c1-2-16-13-17(14-9-5-3-6-10-14)18(19-16)15-11-7-4-8-12-15/h1,3-12,16-17H,13H2/t16-,17-/m0/s1. The van der Waals surface area contributed by atoms with Crippen molar-refractivity contribution in [2.24, 2.45) is 0 Å². The molecule has 0 saturated carbocycles. The van der Waals surface area contributed by atoms with Crippen LogP contribution in [0.5, 0.6) is 0 Å². The zero-order chi connectivity index (χ0) is 13.1. The maximum Gasteiger partial charge on any atom is 0.148 e. The molecule has 2 aromatic carbocycles. The quantitative estimate of drug-likeness (QED) is 0.754. The fraction of sp³-hybridized carbons (Fsp3) is 0.176. The van der Waals surface area contributed by atoms with Crippen molar-refractivity contribution in [3.63, 3.8) is 0 Å². The Morgan fingerprint density at radius 1 is 1.00 bits per heavy atom. The number of terminal acetylenes is 1. The van der Waals surface area contributed by atoms with Gasteiger partial charge in [0.2, 0.25) is 0 Å². The van der Waals surface area contributed by atoms with E-state index >= 15 is 0 Å². The van der Waals surface area contributed by atoms with Crippen LogP contribution in [0.2, 0.25) is 0 Å². The van der Waals surface area contributed by atoms with Crippen LogP contribution >= 0.6 is 0 Å². The maximum atomic E-state index is 5.86. The summed E-state index contributed by atoms with van der Waals surface area (Å²) in [4.78, 5) is 5.86. The van der Waals surface area contributed by atoms with Crippen LogP contribution in [0.25, 0.3) is 0 Å². The highest BCUT2D eigenvalue weighted by Crippen LogP contribution is 2.37. The molecule has 0 amide bonds. The molecule has 94 valence electrons. The van der Waals surface area contributed by atoms with Crippen molar-refractivity contribution in [1.29, 1.82) is 0 Å². The molecule has 3 rings (SSSR count). The fourth-order valence-electron chi connectivity index (χ4n) is 2.41. The number of hydroxylamine groups is 1. The maximum absolute atomic E-state index is 5.86. The summed E-state index contributed by atoms with van der Waals surface area (Å²) in [6.07, 6.45) is 6.17. The van der Waals surface area contributed by atoms with Crippen LogP contribution in [0.15, 0.2) is 60.7 Å². The number of hydrogen-bond donors (Lipinski definition) is 0. The van der Waals surface area contributed by atoms with E-state index < -0.39 is 0 Å². The van der Waals surface area contributed by atoms with Gasteiger partial charge in [-0.1, -0.05) is 54.5 Å². The summed E-state index contributed by atoms with van der Waals surface area (Å²) in [6, 6.07) is 20.6. The first kappa shape index (κ1) is 11.8. The molecule has 2 atom stereocenters. The molecule has 0 aliphatic carbocycles. The number of hydrogen-bond acceptors (Lipinski definition) is 2. The monoisotopic (exact) mass is 249 g/mol. The van der Waals surface area contributed by atoms with Gasteiger partial charge >= 0.3 is 0 Å². The highest BCUT2D eigenvalue weighted by atomic mass is 16.7. The average Bonchev–Trinajstić information content (AvgIpc) is 2.93. The molecule has 1 heterocycles. The SMILES string of the molecule is C#C[C@H]1C[C@@H](c2ccccc2)N(c2ccccc2)O1. The summed E-state index contributed by atoms with van der Waals surface area (Å²) >= 11 is 0. The van der Waals surface area contributed by atoms with Crippen LogP contribution in [0.3, 0.4) is 0 Å². The van der Waals surface area contributed by atoms with Crippen LogP contribution in [-0.2, 0) is 4.84 Å². The van der Waals surface area contributed by atoms with E-state index in [1.54, 1.807) is 0 Å². The van der Waals surface area contributed by atoms with Gasteiger partial charge in [-0.25, -0.2) is 5.06 Å². The fourth-order valence-corrected chi connectivity index (χ4v) is 2.41. The Balaban J connectivity index is 1.95. The molecular weight excluding hydrogens is 234 g/mol. The second-order valence-corrected chi connectivity index (χ2v) is 4.58. The van der Waals surface area contributed by atoms with Crippen molar-refractivity contribution in [1.82, 2.24) is 0 Å². The normalized spacial score (nSPS) is 22.2. The minimum atomic E-state index is -0.162. The van der Waals surface area contributed by atoms with Crippen molar-refractivity contribution in [3.8, 4) is 12.3 Å². The number of anilines is 1. The molecular formula is C17H15NO. The van der Waals surface area contributed by atoms with E-state index in [0.717, 1.165) is 12.1 Å². The second kappa shape index (κ2) is 5.17. The summed E-state index contributed by atoms with van der Waals surface area (Å²) in [5, 5.41) is 1.93. The highest BCUT2D eigenvalue weighted by molar-refractivity contribution is 5.47. The molecule has 19 heavy (non-hydrogen) atoms. The number of nitrogens with zero attached hydrogens (tertiary/aromatic N) is 1. The Bertz CT molecular complexity index is 526. The lowest BCUT2D eigenvalue weighted by atomic mass is 10.0. The van der Waals surface area contributed by atoms with Crippen molar-refractivity contribution < 1.29 is 4.84 Å². The van der Waals surface area contributed by atoms with E-state index in [1.807, 2.05) is 53.6 Å². The van der Waals surface area contributed by atoms with Gasteiger partial charge in [0, 0.05) is 6.42 Å². The molecule has 2 heteroatoms. The Morgan fingerprint density at radius 2 is 1.63 bits per heavy atom. The van der Waals surface area contributed by atoms with Crippen LogP contribution in [-0.4, -0.2) is 6.10 Å². The first-order valence-corrected chi connectivity index (χ1v) is 6.40. The van der Waals surface area contributed by atoms with E-state index in [-0.39, 0.29) is 12.1 Å². The minimum Gasteiger partial charge on any atom is -0.256 e. The Morgan fingerprint density at radius 3 is 2.26 bits per heavy atom. The van der Waals surface area contributed by atoms with E-state index in [2.05, 4.69) is 18.1 Å². The molecule has 1 fully saturated rings. The van der Waals surface area contributed by atoms with E-state index in [1.165, 1.54) is 5.56 Å². The van der Waals surface area contributed by atoms with Crippen LogP contribution < -0.4 is 5.06 Å². The van der Waals surface area contributed by atoms with Crippen molar-refractivity contribution >= 4 is 5.69 Å². The average molecular weight is 249 g/mol. The predicted molar refractivity (Wildman–Crippen MR) is 76.4 cm³/mol. The smallest absolute Gasteiger partial charge is 0.148 e. The molecule has 0 N–H and O–H groups in total. The van der Waals surface area contributed by atoms with Gasteiger partial charge in [0.25, 0.3) is 0 Å². The number of rotatable bonds is 2. The lowest BCUT2D eigenvalue weighted by Crippen LogP contribution is -2.21. The molecule has 2 nitrogen and oxygen atoms in total. The largest absolute Gasteiger partial charge is 0.256 e. The first-order chi connectivity index (χ1) is 9.38. The van der Waals surface area contributed by atoms with E-state index in [0.29, 0.717) is 0 Å². The lowest BCUT2D eigenvalue weighted by Gasteiger charge is -2.24. The molecule has 0 spiro atoms. The predicted octanol–water partition coefficient (Wildman–Crippen LogP) is 3.57. The summed E-state index contributed by atoms with van der Waals surface area (Å²) in [5.74, 6) is 2.70. The third-order valence-corrected chi connectivity index (χ3v) is 3.34. The third-order valence-electron chi connectivity index (χ3n) is 3.34. The van der Waals surface area contributed by atoms with Gasteiger partial charge in [-0.05, 0) is 17.7 Å². The van der Waals surface area contributed by atoms with Crippen molar-refractivity contribution in [2.75, 3.05) is 5.06 Å². The number of benzene rings is 2. The van der Waals surface area contributed by atoms with Gasteiger partial charge in [0.1, 0.15) is 6.10 Å². The van der Waals surface area contributed by atoms with Gasteiger partial charge in [0.05, 0.1) is 11.7 Å². The van der Waals surface area contributed by atoms with Crippen molar-refractivity contribution in [2.45, 2.75) is 18.6 Å². The van der Waals surface area contributed by atoms with Gasteiger partial charge < -0.3 is 0 Å². The molecule has 1 aliphatic rings. The first-order valence-electron chi connectivity index (χ1n) is 6.40. The van der Waals surface area contributed by atoms with Gasteiger partial charge in [-0.2, -0.15) is 0 Å². The second-order valence-electron chi connectivity index (χ2n) is 4.58. The molecule has 0 aromatic heterocycles. The molecule has 0 radical (unpaired) electrons. The van der Waals surface area contributed by atoms with Gasteiger partial charge in [0.15, 0.2) is 0 Å². The topological polar surface area (TPSA) is 12.5 Å². The van der Waals surface area contributed by atoms with E-state index in [9.17, 15) is 0 Å². The summed E-state index contributed by atoms with van der Waals surface area (Å²) < 4.78 is 0. The van der Waals surface area contributed by atoms with Crippen LogP contribution in [0, 0.1) is 12.3 Å². The van der Waals surface area contributed by atoms with Crippen LogP contribution in [0.1, 0.15) is 18.0 Å². The van der Waals surface area contributed by atoms with Gasteiger partial charge in [-0.3, -0.25) is 4.84 Å². The van der Waals surface area contributed by atoms with E-state index in [4.69, 9.17) is 11.3 Å². The molecule has 1 saturated heterocycles. The Kier molecular flexibility index (Phi) is 3.22.